The molecule has 0 aliphatic heterocycles. The quantitative estimate of drug-likeness (QED) is 0.874. The molecule has 1 aromatic carbocycles. The van der Waals surface area contributed by atoms with E-state index in [4.69, 9.17) is 5.11 Å². The number of rotatable bonds is 5. The van der Waals surface area contributed by atoms with Crippen LogP contribution in [0.1, 0.15) is 48.7 Å². The highest BCUT2D eigenvalue weighted by molar-refractivity contribution is 7.92. The summed E-state index contributed by atoms with van der Waals surface area (Å²) in [6, 6.07) is 2.92. The fourth-order valence-electron chi connectivity index (χ4n) is 1.82. The number of carboxylic acid groups (broad SMARTS) is 1. The van der Waals surface area contributed by atoms with Crippen molar-refractivity contribution in [2.75, 3.05) is 10.5 Å². The zero-order valence-corrected chi connectivity index (χ0v) is 14.0. The van der Waals surface area contributed by atoms with E-state index in [1.54, 1.807) is 13.8 Å². The molecule has 6 heteroatoms. The first-order chi connectivity index (χ1) is 9.43. The van der Waals surface area contributed by atoms with Crippen molar-refractivity contribution in [3.05, 3.63) is 28.8 Å². The number of aromatic carboxylic acids is 1. The van der Waals surface area contributed by atoms with Gasteiger partial charge in [0.25, 0.3) is 0 Å². The first kappa shape index (κ1) is 17.5. The number of anilines is 1. The molecular weight excluding hydrogens is 290 g/mol. The minimum absolute atomic E-state index is 0.0374. The number of carboxylic acids is 1. The molecule has 0 spiro atoms. The van der Waals surface area contributed by atoms with Crippen molar-refractivity contribution in [2.45, 2.75) is 41.0 Å². The van der Waals surface area contributed by atoms with E-state index in [2.05, 4.69) is 4.72 Å². The third-order valence-corrected chi connectivity index (χ3v) is 4.68. The van der Waals surface area contributed by atoms with Crippen LogP contribution in [0, 0.1) is 19.3 Å². The molecule has 0 saturated carbocycles. The van der Waals surface area contributed by atoms with Crippen LogP contribution in [0.4, 0.5) is 5.69 Å². The topological polar surface area (TPSA) is 83.5 Å². The predicted octanol–water partition coefficient (Wildman–Crippen LogP) is 3.18. The summed E-state index contributed by atoms with van der Waals surface area (Å²) in [6.45, 7) is 9.34. The van der Waals surface area contributed by atoms with Crippen LogP contribution in [-0.2, 0) is 10.0 Å². The maximum Gasteiger partial charge on any atom is 0.335 e. The molecule has 0 aromatic heterocycles. The summed E-state index contributed by atoms with van der Waals surface area (Å²) in [5, 5.41) is 9.05. The second kappa shape index (κ2) is 6.05. The van der Waals surface area contributed by atoms with Gasteiger partial charge in [0.05, 0.1) is 17.0 Å². The molecule has 0 saturated heterocycles. The number of carbonyl (C=O) groups is 1. The van der Waals surface area contributed by atoms with E-state index in [0.29, 0.717) is 23.2 Å². The van der Waals surface area contributed by atoms with Gasteiger partial charge >= 0.3 is 5.97 Å². The third-order valence-electron chi connectivity index (χ3n) is 3.40. The van der Waals surface area contributed by atoms with Crippen molar-refractivity contribution in [1.29, 1.82) is 0 Å². The zero-order valence-electron chi connectivity index (χ0n) is 13.1. The number of sulfonamides is 1. The van der Waals surface area contributed by atoms with Crippen molar-refractivity contribution >= 4 is 21.7 Å². The van der Waals surface area contributed by atoms with Gasteiger partial charge in [0, 0.05) is 0 Å². The molecule has 0 aliphatic rings. The SMILES string of the molecule is Cc1c(NS(=O)(=O)CCC(C)(C)C)ccc(C(=O)O)c1C. The Balaban J connectivity index is 2.98. The smallest absolute Gasteiger partial charge is 0.335 e. The fourth-order valence-corrected chi connectivity index (χ4v) is 3.36. The lowest BCUT2D eigenvalue weighted by Crippen LogP contribution is -2.21. The van der Waals surface area contributed by atoms with Crippen molar-refractivity contribution in [3.63, 3.8) is 0 Å². The molecule has 2 N–H and O–H groups in total. The predicted molar refractivity (Wildman–Crippen MR) is 84.4 cm³/mol. The third kappa shape index (κ3) is 5.04. The number of benzene rings is 1. The van der Waals surface area contributed by atoms with E-state index in [0.717, 1.165) is 0 Å². The van der Waals surface area contributed by atoms with Crippen molar-refractivity contribution in [2.24, 2.45) is 5.41 Å². The highest BCUT2D eigenvalue weighted by Crippen LogP contribution is 2.25. The van der Waals surface area contributed by atoms with Crippen molar-refractivity contribution in [1.82, 2.24) is 0 Å². The average Bonchev–Trinajstić information content (AvgIpc) is 2.31. The molecule has 0 unspecified atom stereocenters. The normalized spacial score (nSPS) is 12.2. The summed E-state index contributed by atoms with van der Waals surface area (Å²) in [5.41, 5.74) is 1.76. The van der Waals surface area contributed by atoms with Gasteiger partial charge in [-0.3, -0.25) is 4.72 Å². The van der Waals surface area contributed by atoms with E-state index < -0.39 is 16.0 Å². The van der Waals surface area contributed by atoms with Gasteiger partial charge in [-0.05, 0) is 48.9 Å². The molecule has 0 fully saturated rings. The van der Waals surface area contributed by atoms with Crippen LogP contribution in [0.2, 0.25) is 0 Å². The second-order valence-electron chi connectivity index (χ2n) is 6.45. The lowest BCUT2D eigenvalue weighted by molar-refractivity contribution is 0.0696. The van der Waals surface area contributed by atoms with Gasteiger partial charge < -0.3 is 5.11 Å². The summed E-state index contributed by atoms with van der Waals surface area (Å²) in [6.07, 6.45) is 0.549. The highest BCUT2D eigenvalue weighted by Gasteiger charge is 2.19. The van der Waals surface area contributed by atoms with Gasteiger partial charge in [-0.25, -0.2) is 13.2 Å². The maximum absolute atomic E-state index is 12.1. The van der Waals surface area contributed by atoms with Crippen LogP contribution < -0.4 is 4.72 Å². The standard InChI is InChI=1S/C15H23NO4S/c1-10-11(2)13(7-6-12(10)14(17)18)16-21(19,20)9-8-15(3,4)5/h6-7,16H,8-9H2,1-5H3,(H,17,18). The van der Waals surface area contributed by atoms with E-state index in [9.17, 15) is 13.2 Å². The minimum atomic E-state index is -3.44. The Morgan fingerprint density at radius 3 is 2.24 bits per heavy atom. The lowest BCUT2D eigenvalue weighted by Gasteiger charge is -2.19. The van der Waals surface area contributed by atoms with E-state index >= 15 is 0 Å². The molecule has 0 amide bonds. The Morgan fingerprint density at radius 1 is 1.19 bits per heavy atom. The minimum Gasteiger partial charge on any atom is -0.478 e. The molecule has 0 aliphatic carbocycles. The van der Waals surface area contributed by atoms with E-state index in [-0.39, 0.29) is 16.7 Å². The molecule has 21 heavy (non-hydrogen) atoms. The zero-order chi connectivity index (χ0) is 16.4. The lowest BCUT2D eigenvalue weighted by atomic mass is 9.94. The van der Waals surface area contributed by atoms with E-state index in [1.165, 1.54) is 12.1 Å². The van der Waals surface area contributed by atoms with Gasteiger partial charge in [0.1, 0.15) is 0 Å². The summed E-state index contributed by atoms with van der Waals surface area (Å²) in [4.78, 5) is 11.0. The van der Waals surface area contributed by atoms with Crippen LogP contribution in [0.3, 0.4) is 0 Å². The van der Waals surface area contributed by atoms with Gasteiger partial charge in [-0.2, -0.15) is 0 Å². The van der Waals surface area contributed by atoms with E-state index in [1.807, 2.05) is 20.8 Å². The van der Waals surface area contributed by atoms with Gasteiger partial charge in [-0.15, -0.1) is 0 Å². The van der Waals surface area contributed by atoms with Crippen LogP contribution >= 0.6 is 0 Å². The summed E-state index contributed by atoms with van der Waals surface area (Å²) < 4.78 is 26.7. The highest BCUT2D eigenvalue weighted by atomic mass is 32.2. The number of hydrogen-bond acceptors (Lipinski definition) is 3. The first-order valence-electron chi connectivity index (χ1n) is 6.77. The van der Waals surface area contributed by atoms with Crippen molar-refractivity contribution in [3.8, 4) is 0 Å². The first-order valence-corrected chi connectivity index (χ1v) is 8.42. The number of nitrogens with one attached hydrogen (secondary N) is 1. The number of hydrogen-bond donors (Lipinski definition) is 2. The summed E-state index contributed by atoms with van der Waals surface area (Å²) in [5.74, 6) is -0.979. The molecule has 5 nitrogen and oxygen atoms in total. The largest absolute Gasteiger partial charge is 0.478 e. The Kier molecular flexibility index (Phi) is 5.04. The van der Waals surface area contributed by atoms with Gasteiger partial charge in [0.15, 0.2) is 0 Å². The van der Waals surface area contributed by atoms with Crippen LogP contribution in [-0.4, -0.2) is 25.2 Å². The second-order valence-corrected chi connectivity index (χ2v) is 8.29. The Hall–Kier alpha value is -1.56. The summed E-state index contributed by atoms with van der Waals surface area (Å²) in [7, 11) is -3.44. The molecule has 0 bridgehead atoms. The van der Waals surface area contributed by atoms with Crippen LogP contribution in [0.15, 0.2) is 12.1 Å². The monoisotopic (exact) mass is 313 g/mol. The van der Waals surface area contributed by atoms with Crippen LogP contribution in [0.25, 0.3) is 0 Å². The molecule has 1 aromatic rings. The fraction of sp³-hybridized carbons (Fsp3) is 0.533. The Bertz CT molecular complexity index is 642. The Labute approximate surface area is 126 Å². The van der Waals surface area contributed by atoms with Gasteiger partial charge in [-0.1, -0.05) is 20.8 Å². The molecule has 0 atom stereocenters. The maximum atomic E-state index is 12.1. The van der Waals surface area contributed by atoms with Crippen molar-refractivity contribution < 1.29 is 18.3 Å². The Morgan fingerprint density at radius 2 is 1.76 bits per heavy atom. The molecular formula is C15H23NO4S. The average molecular weight is 313 g/mol. The molecule has 1 rings (SSSR count). The molecule has 118 valence electrons. The molecule has 0 radical (unpaired) electrons. The summed E-state index contributed by atoms with van der Waals surface area (Å²) >= 11 is 0. The van der Waals surface area contributed by atoms with Crippen LogP contribution in [0.5, 0.6) is 0 Å². The van der Waals surface area contributed by atoms with Gasteiger partial charge in [0.2, 0.25) is 10.0 Å². The molecule has 0 heterocycles.